The third kappa shape index (κ3) is 4.96. The minimum Gasteiger partial charge on any atom is -0.487 e. The van der Waals surface area contributed by atoms with E-state index in [4.69, 9.17) is 20.8 Å². The first-order chi connectivity index (χ1) is 12.8. The lowest BCUT2D eigenvalue weighted by atomic mass is 10.1. The molecule has 0 spiro atoms. The maximum atomic E-state index is 12.7. The van der Waals surface area contributed by atoms with E-state index >= 15 is 0 Å². The van der Waals surface area contributed by atoms with Gasteiger partial charge in [0.05, 0.1) is 17.4 Å². The number of halogens is 2. The van der Waals surface area contributed by atoms with Crippen LogP contribution in [0.25, 0.3) is 21.9 Å². The van der Waals surface area contributed by atoms with Gasteiger partial charge in [0.1, 0.15) is 18.3 Å². The standard InChI is InChI=1S/C20H22ClNO5.ClH/c1-20(2,11-23)22-9-13(24)10-26-16-5-3-4-15-18(25)14-7-6-12(21)8-17(14)27-19(15)16;/h3-8,13,22-24H,9-11H2,1-2H3;1H. The molecule has 1 heterocycles. The Labute approximate surface area is 173 Å². The molecule has 3 N–H and O–H groups in total. The van der Waals surface area contributed by atoms with E-state index in [1.54, 1.807) is 36.4 Å². The summed E-state index contributed by atoms with van der Waals surface area (Å²) >= 11 is 6.00. The number of rotatable bonds is 7. The van der Waals surface area contributed by atoms with Gasteiger partial charge in [0.2, 0.25) is 5.43 Å². The predicted molar refractivity (Wildman–Crippen MR) is 113 cm³/mol. The summed E-state index contributed by atoms with van der Waals surface area (Å²) in [5.74, 6) is 0.368. The average Bonchev–Trinajstić information content (AvgIpc) is 2.65. The third-order valence-electron chi connectivity index (χ3n) is 4.27. The van der Waals surface area contributed by atoms with E-state index in [-0.39, 0.29) is 37.6 Å². The maximum absolute atomic E-state index is 12.7. The number of hydrogen-bond donors (Lipinski definition) is 3. The van der Waals surface area contributed by atoms with Crippen LogP contribution in [0.15, 0.2) is 45.6 Å². The normalized spacial score (nSPS) is 12.8. The number of β-amino-alcohol motifs (C(OH)–C–C–N with tert-alkyl or cyclic N) is 1. The van der Waals surface area contributed by atoms with E-state index in [9.17, 15) is 15.0 Å². The first-order valence-corrected chi connectivity index (χ1v) is 9.00. The zero-order chi connectivity index (χ0) is 19.6. The average molecular weight is 428 g/mol. The van der Waals surface area contributed by atoms with Crippen molar-refractivity contribution >= 4 is 45.9 Å². The predicted octanol–water partition coefficient (Wildman–Crippen LogP) is 3.12. The van der Waals surface area contributed by atoms with Crippen molar-refractivity contribution in [2.24, 2.45) is 0 Å². The third-order valence-corrected chi connectivity index (χ3v) is 4.50. The van der Waals surface area contributed by atoms with Gasteiger partial charge in [-0.2, -0.15) is 0 Å². The fraction of sp³-hybridized carbons (Fsp3) is 0.350. The molecule has 3 rings (SSSR count). The van der Waals surface area contributed by atoms with Gasteiger partial charge in [-0.3, -0.25) is 4.79 Å². The molecule has 0 fully saturated rings. The van der Waals surface area contributed by atoms with E-state index in [0.29, 0.717) is 32.7 Å². The second-order valence-electron chi connectivity index (χ2n) is 7.09. The number of benzene rings is 2. The summed E-state index contributed by atoms with van der Waals surface area (Å²) in [4.78, 5) is 12.7. The molecular formula is C20H23Cl2NO5. The zero-order valence-corrected chi connectivity index (χ0v) is 17.1. The maximum Gasteiger partial charge on any atom is 0.200 e. The molecule has 0 saturated carbocycles. The van der Waals surface area contributed by atoms with Crippen LogP contribution in [0.2, 0.25) is 5.02 Å². The number of ether oxygens (including phenoxy) is 1. The second kappa shape index (κ2) is 9.11. The highest BCUT2D eigenvalue weighted by Gasteiger charge is 2.18. The monoisotopic (exact) mass is 427 g/mol. The Morgan fingerprint density at radius 3 is 2.71 bits per heavy atom. The van der Waals surface area contributed by atoms with E-state index in [2.05, 4.69) is 5.32 Å². The van der Waals surface area contributed by atoms with E-state index < -0.39 is 11.6 Å². The van der Waals surface area contributed by atoms with Gasteiger partial charge in [-0.25, -0.2) is 0 Å². The van der Waals surface area contributed by atoms with Crippen LogP contribution in [0.1, 0.15) is 13.8 Å². The van der Waals surface area contributed by atoms with Crippen molar-refractivity contribution in [3.8, 4) is 5.75 Å². The molecule has 3 aromatic rings. The molecule has 1 unspecified atom stereocenters. The summed E-state index contributed by atoms with van der Waals surface area (Å²) in [6.07, 6.45) is -0.798. The molecule has 152 valence electrons. The van der Waals surface area contributed by atoms with Crippen molar-refractivity contribution in [3.05, 3.63) is 51.6 Å². The van der Waals surface area contributed by atoms with Crippen LogP contribution >= 0.6 is 24.0 Å². The van der Waals surface area contributed by atoms with Gasteiger partial charge in [-0.1, -0.05) is 17.7 Å². The van der Waals surface area contributed by atoms with Crippen LogP contribution in [0.4, 0.5) is 0 Å². The topological polar surface area (TPSA) is 91.9 Å². The molecule has 0 aliphatic rings. The highest BCUT2D eigenvalue weighted by atomic mass is 35.5. The van der Waals surface area contributed by atoms with Gasteiger partial charge in [0, 0.05) is 23.2 Å². The summed E-state index contributed by atoms with van der Waals surface area (Å²) in [5.41, 5.74) is 0.0298. The Balaban J connectivity index is 0.00000280. The molecule has 0 aliphatic carbocycles. The second-order valence-corrected chi connectivity index (χ2v) is 7.53. The summed E-state index contributed by atoms with van der Waals surface area (Å²) in [7, 11) is 0. The molecule has 6 nitrogen and oxygen atoms in total. The molecule has 0 bridgehead atoms. The van der Waals surface area contributed by atoms with Crippen LogP contribution in [0, 0.1) is 0 Å². The lowest BCUT2D eigenvalue weighted by Crippen LogP contribution is -2.47. The largest absolute Gasteiger partial charge is 0.487 e. The number of fused-ring (bicyclic) bond motifs is 2. The van der Waals surface area contributed by atoms with Crippen molar-refractivity contribution < 1.29 is 19.4 Å². The minimum absolute atomic E-state index is 0. The Hall–Kier alpha value is -1.83. The summed E-state index contributed by atoms with van der Waals surface area (Å²) in [6.45, 7) is 3.86. The lowest BCUT2D eigenvalue weighted by molar-refractivity contribution is 0.0909. The quantitative estimate of drug-likeness (QED) is 0.501. The van der Waals surface area contributed by atoms with Crippen LogP contribution < -0.4 is 15.5 Å². The van der Waals surface area contributed by atoms with E-state index in [1.165, 1.54) is 0 Å². The number of hydrogen-bond acceptors (Lipinski definition) is 6. The zero-order valence-electron chi connectivity index (χ0n) is 15.6. The van der Waals surface area contributed by atoms with Gasteiger partial charge in [-0.15, -0.1) is 12.4 Å². The van der Waals surface area contributed by atoms with E-state index in [0.717, 1.165) is 0 Å². The fourth-order valence-corrected chi connectivity index (χ4v) is 2.79. The van der Waals surface area contributed by atoms with Crippen LogP contribution in [0.5, 0.6) is 5.75 Å². The molecule has 28 heavy (non-hydrogen) atoms. The van der Waals surface area contributed by atoms with Gasteiger partial charge < -0.3 is 24.7 Å². The van der Waals surface area contributed by atoms with Crippen molar-refractivity contribution in [2.75, 3.05) is 19.8 Å². The SMILES string of the molecule is CC(C)(CO)NCC(O)COc1cccc2c(=O)c3ccc(Cl)cc3oc12.Cl. The fourth-order valence-electron chi connectivity index (χ4n) is 2.63. The van der Waals surface area contributed by atoms with Crippen molar-refractivity contribution in [1.82, 2.24) is 5.32 Å². The summed E-state index contributed by atoms with van der Waals surface area (Å²) < 4.78 is 11.6. The van der Waals surface area contributed by atoms with Gasteiger partial charge in [0.25, 0.3) is 0 Å². The molecule has 8 heteroatoms. The molecule has 0 radical (unpaired) electrons. The van der Waals surface area contributed by atoms with Gasteiger partial charge in [0.15, 0.2) is 11.3 Å². The van der Waals surface area contributed by atoms with Crippen LogP contribution in [0.3, 0.4) is 0 Å². The lowest BCUT2D eigenvalue weighted by Gasteiger charge is -2.25. The summed E-state index contributed by atoms with van der Waals surface area (Å²) in [6, 6.07) is 9.92. The molecule has 0 aliphatic heterocycles. The Kier molecular flexibility index (Phi) is 7.31. The highest BCUT2D eigenvalue weighted by molar-refractivity contribution is 6.31. The number of aliphatic hydroxyl groups is 2. The number of nitrogens with one attached hydrogen (secondary N) is 1. The Bertz CT molecular complexity index is 1020. The van der Waals surface area contributed by atoms with Gasteiger partial charge in [-0.05, 0) is 38.1 Å². The van der Waals surface area contributed by atoms with Crippen LogP contribution in [-0.2, 0) is 0 Å². The molecule has 1 aromatic heterocycles. The van der Waals surface area contributed by atoms with E-state index in [1.807, 2.05) is 13.8 Å². The van der Waals surface area contributed by atoms with Gasteiger partial charge >= 0.3 is 0 Å². The first kappa shape index (κ1) is 22.5. The summed E-state index contributed by atoms with van der Waals surface area (Å²) in [5, 5.41) is 23.7. The van der Waals surface area contributed by atoms with Crippen molar-refractivity contribution in [1.29, 1.82) is 0 Å². The molecule has 2 aromatic carbocycles. The Morgan fingerprint density at radius 1 is 1.25 bits per heavy atom. The Morgan fingerprint density at radius 2 is 2.00 bits per heavy atom. The number of aliphatic hydroxyl groups excluding tert-OH is 2. The minimum atomic E-state index is -0.798. The first-order valence-electron chi connectivity index (χ1n) is 8.62. The van der Waals surface area contributed by atoms with Crippen LogP contribution in [-0.4, -0.2) is 41.6 Å². The molecular weight excluding hydrogens is 405 g/mol. The van der Waals surface area contributed by atoms with Crippen molar-refractivity contribution in [2.45, 2.75) is 25.5 Å². The molecule has 0 amide bonds. The van der Waals surface area contributed by atoms with Crippen molar-refractivity contribution in [3.63, 3.8) is 0 Å². The number of para-hydroxylation sites is 1. The smallest absolute Gasteiger partial charge is 0.200 e. The molecule has 1 atom stereocenters. The molecule has 0 saturated heterocycles. The highest BCUT2D eigenvalue weighted by Crippen LogP contribution is 2.28.